The van der Waals surface area contributed by atoms with Gasteiger partial charge in [0.15, 0.2) is 0 Å². The molecule has 2 N–H and O–H groups in total. The lowest BCUT2D eigenvalue weighted by atomic mass is 9.75. The van der Waals surface area contributed by atoms with E-state index >= 15 is 0 Å². The molecule has 1 atom stereocenters. The first-order chi connectivity index (χ1) is 12.6. The molecule has 0 bridgehead atoms. The third kappa shape index (κ3) is 4.44. The molecule has 2 amide bonds. The summed E-state index contributed by atoms with van der Waals surface area (Å²) in [6.07, 6.45) is 2.67. The predicted octanol–water partition coefficient (Wildman–Crippen LogP) is 3.52. The van der Waals surface area contributed by atoms with Gasteiger partial charge in [-0.3, -0.25) is 0 Å². The van der Waals surface area contributed by atoms with Crippen LogP contribution >= 0.6 is 0 Å². The highest BCUT2D eigenvalue weighted by Crippen LogP contribution is 2.34. The van der Waals surface area contributed by atoms with Crippen LogP contribution in [0.15, 0.2) is 54.6 Å². The molecular formula is C22H28N2O2. The van der Waals surface area contributed by atoms with Crippen molar-refractivity contribution in [3.63, 3.8) is 0 Å². The molecule has 0 spiro atoms. The number of aliphatic hydroxyl groups excluding tert-OH is 1. The SMILES string of the molecule is Cc1ccccc1CC1(CO)CCCN(C(=O)NCc2ccccc2)C1. The Labute approximate surface area is 155 Å². The van der Waals surface area contributed by atoms with Crippen LogP contribution in [-0.2, 0) is 13.0 Å². The number of carbonyl (C=O) groups is 1. The zero-order valence-electron chi connectivity index (χ0n) is 15.4. The van der Waals surface area contributed by atoms with Crippen molar-refractivity contribution in [2.45, 2.75) is 32.7 Å². The van der Waals surface area contributed by atoms with E-state index in [1.807, 2.05) is 47.4 Å². The fourth-order valence-electron chi connectivity index (χ4n) is 3.81. The molecule has 1 aliphatic heterocycles. The van der Waals surface area contributed by atoms with Crippen LogP contribution in [0.5, 0.6) is 0 Å². The Kier molecular flexibility index (Phi) is 5.94. The molecule has 3 rings (SSSR count). The lowest BCUT2D eigenvalue weighted by Gasteiger charge is -2.42. The Morgan fingerprint density at radius 2 is 1.88 bits per heavy atom. The van der Waals surface area contributed by atoms with Crippen LogP contribution in [-0.4, -0.2) is 35.7 Å². The molecule has 1 aliphatic rings. The summed E-state index contributed by atoms with van der Waals surface area (Å²) in [5, 5.41) is 13.2. The highest BCUT2D eigenvalue weighted by molar-refractivity contribution is 5.74. The highest BCUT2D eigenvalue weighted by Gasteiger charge is 2.37. The molecule has 0 saturated carbocycles. The smallest absolute Gasteiger partial charge is 0.317 e. The molecule has 0 aromatic heterocycles. The molecule has 2 aromatic carbocycles. The molecule has 1 heterocycles. The van der Waals surface area contributed by atoms with Crippen molar-refractivity contribution in [3.8, 4) is 0 Å². The third-order valence-electron chi connectivity index (χ3n) is 5.40. The second kappa shape index (κ2) is 8.37. The van der Waals surface area contributed by atoms with E-state index in [1.165, 1.54) is 11.1 Å². The average molecular weight is 352 g/mol. The Balaban J connectivity index is 1.64. The van der Waals surface area contributed by atoms with Crippen molar-refractivity contribution in [1.82, 2.24) is 10.2 Å². The molecule has 1 saturated heterocycles. The summed E-state index contributed by atoms with van der Waals surface area (Å²) in [6, 6.07) is 18.2. The number of aliphatic hydroxyl groups is 1. The summed E-state index contributed by atoms with van der Waals surface area (Å²) in [5.41, 5.74) is 3.33. The van der Waals surface area contributed by atoms with Crippen molar-refractivity contribution >= 4 is 6.03 Å². The number of rotatable bonds is 5. The summed E-state index contributed by atoms with van der Waals surface area (Å²) < 4.78 is 0. The van der Waals surface area contributed by atoms with Gasteiger partial charge in [0.25, 0.3) is 0 Å². The molecule has 138 valence electrons. The van der Waals surface area contributed by atoms with Crippen molar-refractivity contribution in [3.05, 3.63) is 71.3 Å². The van der Waals surface area contributed by atoms with Crippen LogP contribution in [0.1, 0.15) is 29.5 Å². The minimum atomic E-state index is -0.256. The number of piperidine rings is 1. The lowest BCUT2D eigenvalue weighted by molar-refractivity contribution is 0.0470. The zero-order chi connectivity index (χ0) is 18.4. The zero-order valence-corrected chi connectivity index (χ0v) is 15.4. The number of carbonyl (C=O) groups excluding carboxylic acids is 1. The lowest BCUT2D eigenvalue weighted by Crippen LogP contribution is -2.51. The fourth-order valence-corrected chi connectivity index (χ4v) is 3.81. The standard InChI is InChI=1S/C22H28N2O2/c1-18-8-5-6-11-20(18)14-22(17-25)12-7-13-24(16-22)21(26)23-15-19-9-3-2-4-10-19/h2-6,8-11,25H,7,12-17H2,1H3,(H,23,26). The number of likely N-dealkylation sites (tertiary alicyclic amines) is 1. The quantitative estimate of drug-likeness (QED) is 0.865. The second-order valence-corrected chi connectivity index (χ2v) is 7.43. The number of hydrogen-bond donors (Lipinski definition) is 2. The second-order valence-electron chi connectivity index (χ2n) is 7.43. The monoisotopic (exact) mass is 352 g/mol. The topological polar surface area (TPSA) is 52.6 Å². The van der Waals surface area contributed by atoms with Gasteiger partial charge in [-0.2, -0.15) is 0 Å². The Morgan fingerprint density at radius 3 is 2.62 bits per heavy atom. The number of nitrogens with zero attached hydrogens (tertiary/aromatic N) is 1. The Hall–Kier alpha value is -2.33. The Bertz CT molecular complexity index is 732. The van der Waals surface area contributed by atoms with Crippen LogP contribution in [0, 0.1) is 12.3 Å². The summed E-state index contributed by atoms with van der Waals surface area (Å²) in [6.45, 7) is 4.08. The molecule has 1 fully saturated rings. The van der Waals surface area contributed by atoms with Gasteiger partial charge in [-0.1, -0.05) is 54.6 Å². The number of hydrogen-bond acceptors (Lipinski definition) is 2. The van der Waals surface area contributed by atoms with Gasteiger partial charge < -0.3 is 15.3 Å². The van der Waals surface area contributed by atoms with E-state index in [2.05, 4.69) is 24.4 Å². The first kappa shape index (κ1) is 18.5. The number of amides is 2. The van der Waals surface area contributed by atoms with Crippen molar-refractivity contribution in [2.24, 2.45) is 5.41 Å². The number of aryl methyl sites for hydroxylation is 1. The van der Waals surface area contributed by atoms with Gasteiger partial charge in [0.1, 0.15) is 0 Å². The van der Waals surface area contributed by atoms with Gasteiger partial charge in [-0.25, -0.2) is 4.79 Å². The summed E-state index contributed by atoms with van der Waals surface area (Å²) >= 11 is 0. The van der Waals surface area contributed by atoms with E-state index in [-0.39, 0.29) is 18.1 Å². The van der Waals surface area contributed by atoms with Crippen LogP contribution in [0.4, 0.5) is 4.79 Å². The van der Waals surface area contributed by atoms with Crippen LogP contribution in [0.2, 0.25) is 0 Å². The molecule has 0 radical (unpaired) electrons. The molecule has 1 unspecified atom stereocenters. The molecule has 4 heteroatoms. The van der Waals surface area contributed by atoms with E-state index in [4.69, 9.17) is 0 Å². The summed E-state index contributed by atoms with van der Waals surface area (Å²) in [4.78, 5) is 14.5. The maximum Gasteiger partial charge on any atom is 0.317 e. The van der Waals surface area contributed by atoms with Gasteiger partial charge in [-0.15, -0.1) is 0 Å². The molecule has 4 nitrogen and oxygen atoms in total. The van der Waals surface area contributed by atoms with E-state index in [0.29, 0.717) is 13.1 Å². The van der Waals surface area contributed by atoms with Crippen molar-refractivity contribution in [2.75, 3.05) is 19.7 Å². The van der Waals surface area contributed by atoms with E-state index in [9.17, 15) is 9.90 Å². The Morgan fingerprint density at radius 1 is 1.15 bits per heavy atom. The minimum Gasteiger partial charge on any atom is -0.396 e. The summed E-state index contributed by atoms with van der Waals surface area (Å²) in [7, 11) is 0. The maximum atomic E-state index is 12.6. The number of urea groups is 1. The molecule has 0 aliphatic carbocycles. The fraction of sp³-hybridized carbons (Fsp3) is 0.409. The van der Waals surface area contributed by atoms with E-state index in [1.54, 1.807) is 0 Å². The van der Waals surface area contributed by atoms with Crippen LogP contribution in [0.25, 0.3) is 0 Å². The third-order valence-corrected chi connectivity index (χ3v) is 5.40. The van der Waals surface area contributed by atoms with E-state index in [0.717, 1.165) is 31.4 Å². The van der Waals surface area contributed by atoms with Crippen LogP contribution in [0.3, 0.4) is 0 Å². The molecule has 26 heavy (non-hydrogen) atoms. The van der Waals surface area contributed by atoms with E-state index < -0.39 is 0 Å². The molecule has 2 aromatic rings. The van der Waals surface area contributed by atoms with Gasteiger partial charge in [0, 0.05) is 25.0 Å². The average Bonchev–Trinajstić information content (AvgIpc) is 2.69. The van der Waals surface area contributed by atoms with Gasteiger partial charge >= 0.3 is 6.03 Å². The van der Waals surface area contributed by atoms with Crippen molar-refractivity contribution < 1.29 is 9.90 Å². The summed E-state index contributed by atoms with van der Waals surface area (Å²) in [5.74, 6) is 0. The van der Waals surface area contributed by atoms with Gasteiger partial charge in [0.05, 0.1) is 6.61 Å². The highest BCUT2D eigenvalue weighted by atomic mass is 16.3. The van der Waals surface area contributed by atoms with Gasteiger partial charge in [0.2, 0.25) is 0 Å². The maximum absolute atomic E-state index is 12.6. The predicted molar refractivity (Wildman–Crippen MR) is 104 cm³/mol. The first-order valence-electron chi connectivity index (χ1n) is 9.34. The molecular weight excluding hydrogens is 324 g/mol. The number of benzene rings is 2. The minimum absolute atomic E-state index is 0.0452. The van der Waals surface area contributed by atoms with Crippen molar-refractivity contribution in [1.29, 1.82) is 0 Å². The van der Waals surface area contributed by atoms with Gasteiger partial charge in [-0.05, 0) is 42.9 Å². The first-order valence-corrected chi connectivity index (χ1v) is 9.34. The normalized spacial score (nSPS) is 20.0. The van der Waals surface area contributed by atoms with Crippen LogP contribution < -0.4 is 5.32 Å². The number of nitrogens with one attached hydrogen (secondary N) is 1. The largest absolute Gasteiger partial charge is 0.396 e.